The van der Waals surface area contributed by atoms with E-state index in [-0.39, 0.29) is 11.9 Å². The molecule has 4 nitrogen and oxygen atoms in total. The lowest BCUT2D eigenvalue weighted by molar-refractivity contribution is -0.123. The van der Waals surface area contributed by atoms with E-state index in [0.29, 0.717) is 6.54 Å². The minimum absolute atomic E-state index is 0.117. The highest BCUT2D eigenvalue weighted by Gasteiger charge is 2.22. The second-order valence-electron chi connectivity index (χ2n) is 2.60. The van der Waals surface area contributed by atoms with Crippen molar-refractivity contribution in [2.45, 2.75) is 6.04 Å². The molecule has 1 saturated heterocycles. The molecule has 0 bridgehead atoms. The van der Waals surface area contributed by atoms with Gasteiger partial charge in [-0.15, -0.1) is 0 Å². The van der Waals surface area contributed by atoms with Gasteiger partial charge in [0.25, 0.3) is 0 Å². The summed E-state index contributed by atoms with van der Waals surface area (Å²) in [5.41, 5.74) is 5.14. The van der Waals surface area contributed by atoms with Crippen molar-refractivity contribution < 1.29 is 4.79 Å². The molecule has 3 N–H and O–H groups in total. The van der Waals surface area contributed by atoms with Gasteiger partial charge in [0.05, 0.1) is 0 Å². The summed E-state index contributed by atoms with van der Waals surface area (Å²) in [6.07, 6.45) is 0. The molecule has 0 aromatic heterocycles. The quantitative estimate of drug-likeness (QED) is 0.463. The van der Waals surface area contributed by atoms with E-state index in [1.54, 1.807) is 0 Å². The molecule has 1 aliphatic heterocycles. The second-order valence-corrected chi connectivity index (χ2v) is 2.60. The Hall–Kier alpha value is -0.610. The number of amides is 1. The zero-order valence-corrected chi connectivity index (χ0v) is 6.13. The third kappa shape index (κ3) is 1.46. The van der Waals surface area contributed by atoms with Gasteiger partial charge in [0.15, 0.2) is 0 Å². The van der Waals surface area contributed by atoms with Crippen molar-refractivity contribution in [1.82, 2.24) is 10.2 Å². The number of hydrogen-bond acceptors (Lipinski definition) is 3. The lowest BCUT2D eigenvalue weighted by Gasteiger charge is -2.30. The minimum Gasteiger partial charge on any atom is -0.368 e. The van der Waals surface area contributed by atoms with E-state index < -0.39 is 0 Å². The van der Waals surface area contributed by atoms with Crippen LogP contribution in [-0.2, 0) is 4.79 Å². The minimum atomic E-state index is -0.241. The van der Waals surface area contributed by atoms with Crippen molar-refractivity contribution in [2.75, 3.05) is 26.7 Å². The van der Waals surface area contributed by atoms with Gasteiger partial charge in [-0.3, -0.25) is 9.69 Å². The van der Waals surface area contributed by atoms with Gasteiger partial charge in [-0.2, -0.15) is 0 Å². The summed E-state index contributed by atoms with van der Waals surface area (Å²) in [7, 11) is 1.91. The molecule has 0 aromatic carbocycles. The molecule has 0 saturated carbocycles. The lowest BCUT2D eigenvalue weighted by Crippen LogP contribution is -2.55. The third-order valence-electron chi connectivity index (χ3n) is 1.84. The van der Waals surface area contributed by atoms with Crippen LogP contribution in [0.5, 0.6) is 0 Å². The van der Waals surface area contributed by atoms with Crippen LogP contribution in [0.25, 0.3) is 0 Å². The summed E-state index contributed by atoms with van der Waals surface area (Å²) in [4.78, 5) is 12.7. The highest BCUT2D eigenvalue weighted by atomic mass is 16.1. The van der Waals surface area contributed by atoms with Crippen LogP contribution in [0.3, 0.4) is 0 Å². The zero-order valence-electron chi connectivity index (χ0n) is 6.13. The van der Waals surface area contributed by atoms with Crippen LogP contribution in [-0.4, -0.2) is 43.5 Å². The van der Waals surface area contributed by atoms with Crippen molar-refractivity contribution in [3.63, 3.8) is 0 Å². The summed E-state index contributed by atoms with van der Waals surface area (Å²) >= 11 is 0. The Morgan fingerprint density at radius 1 is 1.80 bits per heavy atom. The predicted octanol–water partition coefficient (Wildman–Crippen LogP) is -1.62. The maximum atomic E-state index is 10.7. The fourth-order valence-corrected chi connectivity index (χ4v) is 1.12. The summed E-state index contributed by atoms with van der Waals surface area (Å²) in [6.45, 7) is 2.53. The summed E-state index contributed by atoms with van der Waals surface area (Å²) in [5.74, 6) is -0.241. The van der Waals surface area contributed by atoms with E-state index in [0.717, 1.165) is 13.1 Å². The maximum absolute atomic E-state index is 10.7. The van der Waals surface area contributed by atoms with Crippen LogP contribution in [0.15, 0.2) is 0 Å². The molecule has 1 rings (SSSR count). The van der Waals surface area contributed by atoms with E-state index in [2.05, 4.69) is 5.32 Å². The summed E-state index contributed by atoms with van der Waals surface area (Å²) in [6, 6.07) is -0.117. The Kier molecular flexibility index (Phi) is 2.24. The number of hydrogen-bond donors (Lipinski definition) is 2. The van der Waals surface area contributed by atoms with Crippen molar-refractivity contribution >= 4 is 5.91 Å². The summed E-state index contributed by atoms with van der Waals surface area (Å²) < 4.78 is 0. The normalized spacial score (nSPS) is 28.3. The van der Waals surface area contributed by atoms with Gasteiger partial charge in [0.1, 0.15) is 6.04 Å². The number of piperazine rings is 1. The fourth-order valence-electron chi connectivity index (χ4n) is 1.12. The number of nitrogens with two attached hydrogens (primary N) is 1. The van der Waals surface area contributed by atoms with Crippen molar-refractivity contribution in [2.24, 2.45) is 5.73 Å². The van der Waals surface area contributed by atoms with Gasteiger partial charge in [-0.1, -0.05) is 0 Å². The monoisotopic (exact) mass is 143 g/mol. The van der Waals surface area contributed by atoms with E-state index in [1.165, 1.54) is 0 Å². The number of primary amides is 1. The SMILES string of the molecule is CN1CCNC[C@H]1C(N)=O. The molecule has 1 atom stereocenters. The standard InChI is InChI=1S/C6H13N3O/c1-9-3-2-8-4-5(9)6(7)10/h5,8H,2-4H2,1H3,(H2,7,10)/t5-/m0/s1. The molecule has 0 unspecified atom stereocenters. The van der Waals surface area contributed by atoms with E-state index >= 15 is 0 Å². The predicted molar refractivity (Wildman–Crippen MR) is 38.5 cm³/mol. The first-order chi connectivity index (χ1) is 4.72. The van der Waals surface area contributed by atoms with Crippen LogP contribution in [0.4, 0.5) is 0 Å². The summed E-state index contributed by atoms with van der Waals surface area (Å²) in [5, 5.41) is 3.10. The molecular formula is C6H13N3O. The maximum Gasteiger partial charge on any atom is 0.236 e. The molecule has 1 amide bonds. The highest BCUT2D eigenvalue weighted by molar-refractivity contribution is 5.80. The molecular weight excluding hydrogens is 130 g/mol. The van der Waals surface area contributed by atoms with Crippen LogP contribution < -0.4 is 11.1 Å². The van der Waals surface area contributed by atoms with Gasteiger partial charge < -0.3 is 11.1 Å². The van der Waals surface area contributed by atoms with Crippen LogP contribution >= 0.6 is 0 Å². The van der Waals surface area contributed by atoms with Crippen LogP contribution in [0, 0.1) is 0 Å². The lowest BCUT2D eigenvalue weighted by atomic mass is 10.2. The number of rotatable bonds is 1. The number of carbonyl (C=O) groups excluding carboxylic acids is 1. The molecule has 1 fully saturated rings. The Bertz CT molecular complexity index is 137. The number of likely N-dealkylation sites (N-methyl/N-ethyl adjacent to an activating group) is 1. The van der Waals surface area contributed by atoms with Crippen molar-refractivity contribution in [3.8, 4) is 0 Å². The topological polar surface area (TPSA) is 58.4 Å². The molecule has 0 spiro atoms. The van der Waals surface area contributed by atoms with Crippen molar-refractivity contribution in [1.29, 1.82) is 0 Å². The van der Waals surface area contributed by atoms with Gasteiger partial charge in [0, 0.05) is 19.6 Å². The van der Waals surface area contributed by atoms with Crippen LogP contribution in [0.1, 0.15) is 0 Å². The average Bonchev–Trinajstić information content (AvgIpc) is 1.88. The Labute approximate surface area is 60.4 Å². The molecule has 1 heterocycles. The molecule has 4 heteroatoms. The molecule has 0 radical (unpaired) electrons. The van der Waals surface area contributed by atoms with Gasteiger partial charge in [0.2, 0.25) is 5.91 Å². The molecule has 10 heavy (non-hydrogen) atoms. The average molecular weight is 143 g/mol. The number of carbonyl (C=O) groups is 1. The second kappa shape index (κ2) is 2.98. The van der Waals surface area contributed by atoms with E-state index in [4.69, 9.17) is 5.73 Å². The Balaban J connectivity index is 2.47. The molecule has 0 aromatic rings. The first-order valence-electron chi connectivity index (χ1n) is 3.42. The highest BCUT2D eigenvalue weighted by Crippen LogP contribution is 1.97. The van der Waals surface area contributed by atoms with E-state index in [1.807, 2.05) is 11.9 Å². The van der Waals surface area contributed by atoms with Crippen molar-refractivity contribution in [3.05, 3.63) is 0 Å². The molecule has 0 aliphatic carbocycles. The number of nitrogens with one attached hydrogen (secondary N) is 1. The van der Waals surface area contributed by atoms with Gasteiger partial charge >= 0.3 is 0 Å². The first kappa shape index (κ1) is 7.50. The number of nitrogens with zero attached hydrogens (tertiary/aromatic N) is 1. The van der Waals surface area contributed by atoms with Gasteiger partial charge in [-0.25, -0.2) is 0 Å². The van der Waals surface area contributed by atoms with Gasteiger partial charge in [-0.05, 0) is 7.05 Å². The Morgan fingerprint density at radius 3 is 2.90 bits per heavy atom. The van der Waals surface area contributed by atoms with E-state index in [9.17, 15) is 4.79 Å². The smallest absolute Gasteiger partial charge is 0.236 e. The third-order valence-corrected chi connectivity index (χ3v) is 1.84. The fraction of sp³-hybridized carbons (Fsp3) is 0.833. The zero-order chi connectivity index (χ0) is 7.56. The van der Waals surface area contributed by atoms with Crippen LogP contribution in [0.2, 0.25) is 0 Å². The first-order valence-corrected chi connectivity index (χ1v) is 3.42. The molecule has 58 valence electrons. The molecule has 1 aliphatic rings. The Morgan fingerprint density at radius 2 is 2.50 bits per heavy atom. The largest absolute Gasteiger partial charge is 0.368 e.